The monoisotopic (exact) mass is 378 g/mol. The molecule has 0 N–H and O–H groups in total. The summed E-state index contributed by atoms with van der Waals surface area (Å²) in [6, 6.07) is 15.2. The summed E-state index contributed by atoms with van der Waals surface area (Å²) in [5.74, 6) is 2.00. The topological polar surface area (TPSA) is 64.7 Å². The molecule has 1 heterocycles. The summed E-state index contributed by atoms with van der Waals surface area (Å²) in [5, 5.41) is 13.6. The summed E-state index contributed by atoms with van der Waals surface area (Å²) in [7, 11) is 0. The Morgan fingerprint density at radius 2 is 2.00 bits per heavy atom. The van der Waals surface area contributed by atoms with E-state index in [2.05, 4.69) is 11.9 Å². The molecule has 0 amide bonds. The van der Waals surface area contributed by atoms with Gasteiger partial charge in [-0.25, -0.2) is 0 Å². The van der Waals surface area contributed by atoms with Crippen molar-refractivity contribution in [2.75, 3.05) is 5.75 Å². The van der Waals surface area contributed by atoms with Crippen molar-refractivity contribution in [2.45, 2.75) is 24.7 Å². The first-order valence-electron chi connectivity index (χ1n) is 8.86. The molecule has 0 saturated heterocycles. The molecule has 0 radical (unpaired) electrons. The Hall–Kier alpha value is -2.86. The molecular formula is C21H18N2O3S. The van der Waals surface area contributed by atoms with Crippen LogP contribution in [0.15, 0.2) is 58.4 Å². The summed E-state index contributed by atoms with van der Waals surface area (Å²) in [5.41, 5.74) is 1.12. The van der Waals surface area contributed by atoms with Crippen LogP contribution in [0.4, 0.5) is 11.4 Å². The Labute approximate surface area is 161 Å². The molecule has 0 saturated carbocycles. The molecule has 0 fully saturated rings. The summed E-state index contributed by atoms with van der Waals surface area (Å²) >= 11 is 1.61. The number of hydrogen-bond acceptors (Lipinski definition) is 5. The van der Waals surface area contributed by atoms with E-state index in [-0.39, 0.29) is 10.6 Å². The maximum Gasteiger partial charge on any atom is 0.283 e. The fourth-order valence-corrected chi connectivity index (χ4v) is 4.12. The van der Waals surface area contributed by atoms with Crippen LogP contribution < -0.4 is 4.74 Å². The standard InChI is InChI=1S/C21H18N2O3S/c1-2-3-10-27-15-11-18(23(24)25)17-13-22-21-16-7-5-4-6-14(16)8-9-19(21)26-20(17)12-15/h4-9,11-13H,2-3,10H2,1H3. The van der Waals surface area contributed by atoms with Crippen molar-refractivity contribution in [1.82, 2.24) is 0 Å². The van der Waals surface area contributed by atoms with Gasteiger partial charge in [0, 0.05) is 22.6 Å². The van der Waals surface area contributed by atoms with Gasteiger partial charge in [0.1, 0.15) is 17.0 Å². The zero-order valence-electron chi connectivity index (χ0n) is 14.8. The van der Waals surface area contributed by atoms with E-state index in [9.17, 15) is 10.1 Å². The van der Waals surface area contributed by atoms with Crippen LogP contribution in [0.25, 0.3) is 10.8 Å². The largest absolute Gasteiger partial charge is 0.454 e. The fourth-order valence-electron chi connectivity index (χ4n) is 3.07. The molecule has 6 heteroatoms. The highest BCUT2D eigenvalue weighted by molar-refractivity contribution is 7.99. The van der Waals surface area contributed by atoms with Crippen molar-refractivity contribution in [3.63, 3.8) is 0 Å². The lowest BCUT2D eigenvalue weighted by Crippen LogP contribution is -1.98. The molecule has 0 aliphatic carbocycles. The zero-order chi connectivity index (χ0) is 18.8. The van der Waals surface area contributed by atoms with E-state index in [4.69, 9.17) is 4.74 Å². The van der Waals surface area contributed by atoms with Gasteiger partial charge < -0.3 is 4.74 Å². The van der Waals surface area contributed by atoms with E-state index < -0.39 is 0 Å². The van der Waals surface area contributed by atoms with E-state index in [1.807, 2.05) is 42.5 Å². The number of benzene rings is 3. The van der Waals surface area contributed by atoms with Crippen LogP contribution in [-0.4, -0.2) is 16.9 Å². The molecule has 0 unspecified atom stereocenters. The first kappa shape index (κ1) is 17.5. The first-order valence-corrected chi connectivity index (χ1v) is 9.85. The number of fused-ring (bicyclic) bond motifs is 4. The van der Waals surface area contributed by atoms with Crippen LogP contribution in [0.1, 0.15) is 25.3 Å². The normalized spacial score (nSPS) is 12.2. The Morgan fingerprint density at radius 3 is 2.81 bits per heavy atom. The summed E-state index contributed by atoms with van der Waals surface area (Å²) in [6.07, 6.45) is 3.70. The molecule has 1 aliphatic heterocycles. The van der Waals surface area contributed by atoms with E-state index >= 15 is 0 Å². The third kappa shape index (κ3) is 3.40. The van der Waals surface area contributed by atoms with Crippen LogP contribution in [0.5, 0.6) is 11.5 Å². The maximum absolute atomic E-state index is 11.6. The van der Waals surface area contributed by atoms with Gasteiger partial charge in [0.25, 0.3) is 5.69 Å². The van der Waals surface area contributed by atoms with Gasteiger partial charge in [-0.1, -0.05) is 43.7 Å². The van der Waals surface area contributed by atoms with Gasteiger partial charge in [0.15, 0.2) is 5.75 Å². The third-order valence-electron chi connectivity index (χ3n) is 4.46. The average Bonchev–Trinajstić information content (AvgIpc) is 2.86. The zero-order valence-corrected chi connectivity index (χ0v) is 15.7. The minimum absolute atomic E-state index is 0.0207. The van der Waals surface area contributed by atoms with Crippen molar-refractivity contribution in [3.8, 4) is 11.5 Å². The van der Waals surface area contributed by atoms with Crippen LogP contribution in [0, 0.1) is 10.1 Å². The van der Waals surface area contributed by atoms with Gasteiger partial charge >= 0.3 is 0 Å². The van der Waals surface area contributed by atoms with E-state index in [1.54, 1.807) is 24.0 Å². The Morgan fingerprint density at radius 1 is 1.15 bits per heavy atom. The molecule has 0 atom stereocenters. The molecular weight excluding hydrogens is 360 g/mol. The van der Waals surface area contributed by atoms with E-state index in [0.717, 1.165) is 34.3 Å². The van der Waals surface area contributed by atoms with Crippen molar-refractivity contribution < 1.29 is 9.66 Å². The van der Waals surface area contributed by atoms with Crippen molar-refractivity contribution in [2.24, 2.45) is 4.99 Å². The predicted octanol–water partition coefficient (Wildman–Crippen LogP) is 6.50. The van der Waals surface area contributed by atoms with Gasteiger partial charge in [-0.2, -0.15) is 0 Å². The molecule has 3 aromatic rings. The Kier molecular flexibility index (Phi) is 4.81. The SMILES string of the molecule is CCCCSc1cc2c(c([N+](=O)[O-])c1)C=Nc1c(ccc3ccccc13)O2. The molecule has 27 heavy (non-hydrogen) atoms. The molecule has 3 aromatic carbocycles. The lowest BCUT2D eigenvalue weighted by atomic mass is 10.1. The highest BCUT2D eigenvalue weighted by atomic mass is 32.2. The molecule has 1 aliphatic rings. The van der Waals surface area contributed by atoms with Crippen molar-refractivity contribution in [3.05, 3.63) is 64.2 Å². The van der Waals surface area contributed by atoms with Gasteiger partial charge in [-0.3, -0.25) is 15.1 Å². The first-order chi connectivity index (χ1) is 13.2. The third-order valence-corrected chi connectivity index (χ3v) is 5.53. The lowest BCUT2D eigenvalue weighted by molar-refractivity contribution is -0.385. The van der Waals surface area contributed by atoms with Gasteiger partial charge in [-0.15, -0.1) is 11.8 Å². The van der Waals surface area contributed by atoms with Gasteiger partial charge in [0.2, 0.25) is 0 Å². The second kappa shape index (κ2) is 7.40. The second-order valence-electron chi connectivity index (χ2n) is 6.31. The number of nitro benzene ring substituents is 1. The van der Waals surface area contributed by atoms with Gasteiger partial charge in [0.05, 0.1) is 4.92 Å². The molecule has 5 nitrogen and oxygen atoms in total. The highest BCUT2D eigenvalue weighted by Crippen LogP contribution is 2.44. The second-order valence-corrected chi connectivity index (χ2v) is 7.48. The number of hydrogen-bond donors (Lipinski definition) is 0. The molecule has 136 valence electrons. The van der Waals surface area contributed by atoms with Crippen LogP contribution in [0.3, 0.4) is 0 Å². The van der Waals surface area contributed by atoms with Crippen molar-refractivity contribution >= 4 is 40.1 Å². The summed E-state index contributed by atoms with van der Waals surface area (Å²) in [6.45, 7) is 2.13. The number of unbranched alkanes of at least 4 members (excludes halogenated alkanes) is 1. The minimum atomic E-state index is -0.369. The highest BCUT2D eigenvalue weighted by Gasteiger charge is 2.23. The number of nitrogens with zero attached hydrogens (tertiary/aromatic N) is 2. The molecule has 4 rings (SSSR count). The number of ether oxygens (including phenoxy) is 1. The number of nitro groups is 1. The van der Waals surface area contributed by atoms with E-state index in [1.165, 1.54) is 0 Å². The fraction of sp³-hybridized carbons (Fsp3) is 0.190. The van der Waals surface area contributed by atoms with Crippen molar-refractivity contribution in [1.29, 1.82) is 0 Å². The Balaban J connectivity index is 1.83. The lowest BCUT2D eigenvalue weighted by Gasteiger charge is -2.11. The Bertz CT molecular complexity index is 1060. The molecule has 0 spiro atoms. The van der Waals surface area contributed by atoms with Crippen LogP contribution in [0.2, 0.25) is 0 Å². The summed E-state index contributed by atoms with van der Waals surface area (Å²) in [4.78, 5) is 16.6. The maximum atomic E-state index is 11.6. The molecule has 0 bridgehead atoms. The average molecular weight is 378 g/mol. The quantitative estimate of drug-likeness (QED) is 0.172. The number of aliphatic imine (C=N–C) groups is 1. The predicted molar refractivity (Wildman–Crippen MR) is 110 cm³/mol. The minimum Gasteiger partial charge on any atom is -0.454 e. The van der Waals surface area contributed by atoms with Crippen LogP contribution in [-0.2, 0) is 0 Å². The number of thioether (sulfide) groups is 1. The molecule has 0 aromatic heterocycles. The van der Waals surface area contributed by atoms with Crippen LogP contribution >= 0.6 is 11.8 Å². The van der Waals surface area contributed by atoms with Gasteiger partial charge in [-0.05, 0) is 29.7 Å². The van der Waals surface area contributed by atoms with E-state index in [0.29, 0.717) is 22.7 Å². The summed E-state index contributed by atoms with van der Waals surface area (Å²) < 4.78 is 6.11. The number of rotatable bonds is 5. The smallest absolute Gasteiger partial charge is 0.283 e.